The zero-order valence-corrected chi connectivity index (χ0v) is 17.0. The standard InChI is InChI=1S/C18H28N2O6S/c1-5-14(4)20(18(22)19-12-17(21)25-6-2)13-15-8-10-16(11-9-15)26-27(23,24)7-3/h8-11,14H,5-7,12-13H2,1-4H3,(H,19,22). The smallest absolute Gasteiger partial charge is 0.325 e. The predicted molar refractivity (Wildman–Crippen MR) is 102 cm³/mol. The van der Waals surface area contributed by atoms with Gasteiger partial charge in [0.25, 0.3) is 0 Å². The van der Waals surface area contributed by atoms with E-state index in [1.165, 1.54) is 6.92 Å². The van der Waals surface area contributed by atoms with Crippen LogP contribution in [0.3, 0.4) is 0 Å². The van der Waals surface area contributed by atoms with Gasteiger partial charge in [-0.05, 0) is 44.9 Å². The predicted octanol–water partition coefficient (Wildman–Crippen LogP) is 2.29. The highest BCUT2D eigenvalue weighted by Crippen LogP contribution is 2.17. The topological polar surface area (TPSA) is 102 Å². The van der Waals surface area contributed by atoms with Gasteiger partial charge in [-0.1, -0.05) is 19.1 Å². The van der Waals surface area contributed by atoms with Gasteiger partial charge >= 0.3 is 22.1 Å². The van der Waals surface area contributed by atoms with Gasteiger partial charge in [-0.15, -0.1) is 0 Å². The van der Waals surface area contributed by atoms with Crippen LogP contribution < -0.4 is 9.50 Å². The lowest BCUT2D eigenvalue weighted by atomic mass is 10.1. The molecule has 1 aromatic rings. The average molecular weight is 400 g/mol. The lowest BCUT2D eigenvalue weighted by molar-refractivity contribution is -0.141. The molecule has 0 saturated carbocycles. The van der Waals surface area contributed by atoms with E-state index in [0.29, 0.717) is 6.54 Å². The molecule has 1 atom stereocenters. The molecule has 0 heterocycles. The van der Waals surface area contributed by atoms with E-state index in [4.69, 9.17) is 8.92 Å². The second-order valence-corrected chi connectivity index (χ2v) is 7.78. The fourth-order valence-corrected chi connectivity index (χ4v) is 2.68. The van der Waals surface area contributed by atoms with Gasteiger partial charge in [-0.3, -0.25) is 4.79 Å². The van der Waals surface area contributed by atoms with Gasteiger partial charge in [-0.2, -0.15) is 8.42 Å². The van der Waals surface area contributed by atoms with Crippen molar-refractivity contribution in [2.45, 2.75) is 46.7 Å². The van der Waals surface area contributed by atoms with Gasteiger partial charge in [0.1, 0.15) is 12.3 Å². The Hall–Kier alpha value is -2.29. The van der Waals surface area contributed by atoms with E-state index >= 15 is 0 Å². The Bertz CT molecular complexity index is 718. The zero-order valence-electron chi connectivity index (χ0n) is 16.2. The number of carbonyl (C=O) groups excluding carboxylic acids is 2. The van der Waals surface area contributed by atoms with Crippen molar-refractivity contribution in [3.63, 3.8) is 0 Å². The van der Waals surface area contributed by atoms with Crippen LogP contribution in [0.1, 0.15) is 39.7 Å². The molecule has 0 aliphatic rings. The van der Waals surface area contributed by atoms with Crippen molar-refractivity contribution in [1.82, 2.24) is 10.2 Å². The molecule has 8 nitrogen and oxygen atoms in total. The molecular formula is C18H28N2O6S. The number of rotatable bonds is 10. The fourth-order valence-electron chi connectivity index (χ4n) is 2.16. The third-order valence-electron chi connectivity index (χ3n) is 3.93. The number of nitrogens with zero attached hydrogens (tertiary/aromatic N) is 1. The second kappa shape index (κ2) is 10.8. The van der Waals surface area contributed by atoms with Crippen molar-refractivity contribution in [3.05, 3.63) is 29.8 Å². The van der Waals surface area contributed by atoms with Crippen molar-refractivity contribution in [2.75, 3.05) is 18.9 Å². The molecule has 0 saturated heterocycles. The first kappa shape index (κ1) is 22.8. The van der Waals surface area contributed by atoms with Crippen LogP contribution in [-0.4, -0.2) is 50.3 Å². The van der Waals surface area contributed by atoms with Crippen LogP contribution in [0, 0.1) is 0 Å². The van der Waals surface area contributed by atoms with Gasteiger partial charge in [-0.25, -0.2) is 4.79 Å². The summed E-state index contributed by atoms with van der Waals surface area (Å²) >= 11 is 0. The van der Waals surface area contributed by atoms with Gasteiger partial charge in [0.05, 0.1) is 12.4 Å². The highest BCUT2D eigenvalue weighted by atomic mass is 32.2. The lowest BCUT2D eigenvalue weighted by Gasteiger charge is -2.28. The summed E-state index contributed by atoms with van der Waals surface area (Å²) in [5.41, 5.74) is 0.808. The minimum absolute atomic E-state index is 0.0522. The maximum absolute atomic E-state index is 12.5. The summed E-state index contributed by atoms with van der Waals surface area (Å²) in [4.78, 5) is 25.5. The average Bonchev–Trinajstić information content (AvgIpc) is 2.65. The quantitative estimate of drug-likeness (QED) is 0.478. The molecular weight excluding hydrogens is 372 g/mol. The maximum atomic E-state index is 12.5. The van der Waals surface area contributed by atoms with Gasteiger partial charge in [0.15, 0.2) is 0 Å². The van der Waals surface area contributed by atoms with E-state index in [1.807, 2.05) is 13.8 Å². The molecule has 1 aromatic carbocycles. The SMILES string of the molecule is CCOC(=O)CNC(=O)N(Cc1ccc(OS(=O)(=O)CC)cc1)C(C)CC. The number of esters is 1. The van der Waals surface area contributed by atoms with E-state index in [0.717, 1.165) is 12.0 Å². The van der Waals surface area contributed by atoms with Crippen molar-refractivity contribution in [2.24, 2.45) is 0 Å². The molecule has 0 aliphatic carbocycles. The lowest BCUT2D eigenvalue weighted by Crippen LogP contribution is -2.46. The van der Waals surface area contributed by atoms with Crippen molar-refractivity contribution >= 4 is 22.1 Å². The third kappa shape index (κ3) is 7.86. The highest BCUT2D eigenvalue weighted by molar-refractivity contribution is 7.87. The summed E-state index contributed by atoms with van der Waals surface area (Å²) in [6.45, 7) is 7.45. The van der Waals surface area contributed by atoms with E-state index in [1.54, 1.807) is 36.1 Å². The Morgan fingerprint density at radius 1 is 1.15 bits per heavy atom. The maximum Gasteiger partial charge on any atom is 0.325 e. The normalized spacial score (nSPS) is 12.1. The molecule has 27 heavy (non-hydrogen) atoms. The second-order valence-electron chi connectivity index (χ2n) is 5.92. The number of hydrogen-bond acceptors (Lipinski definition) is 6. The van der Waals surface area contributed by atoms with E-state index in [2.05, 4.69) is 5.32 Å². The summed E-state index contributed by atoms with van der Waals surface area (Å²) in [6.07, 6.45) is 0.739. The fraction of sp³-hybridized carbons (Fsp3) is 0.556. The van der Waals surface area contributed by atoms with Crippen LogP contribution in [0.4, 0.5) is 4.79 Å². The minimum atomic E-state index is -3.58. The summed E-state index contributed by atoms with van der Waals surface area (Å²) in [7, 11) is -3.58. The molecule has 0 aliphatic heterocycles. The van der Waals surface area contributed by atoms with Crippen molar-refractivity contribution in [3.8, 4) is 5.75 Å². The van der Waals surface area contributed by atoms with Crippen LogP contribution in [0.5, 0.6) is 5.75 Å². The van der Waals surface area contributed by atoms with Crippen LogP contribution in [0.15, 0.2) is 24.3 Å². The first-order chi connectivity index (χ1) is 12.7. The van der Waals surface area contributed by atoms with Crippen LogP contribution in [-0.2, 0) is 26.2 Å². The third-order valence-corrected chi connectivity index (χ3v) is 5.08. The number of nitrogens with one attached hydrogen (secondary N) is 1. The Kier molecular flexibility index (Phi) is 9.07. The molecule has 0 aromatic heterocycles. The van der Waals surface area contributed by atoms with Crippen LogP contribution in [0.25, 0.3) is 0 Å². The Labute approximate surface area is 161 Å². The number of hydrogen-bond donors (Lipinski definition) is 1. The Morgan fingerprint density at radius 3 is 2.30 bits per heavy atom. The first-order valence-electron chi connectivity index (χ1n) is 8.93. The molecule has 0 spiro atoms. The zero-order chi connectivity index (χ0) is 20.4. The molecule has 152 valence electrons. The summed E-state index contributed by atoms with van der Waals surface area (Å²) in [6, 6.07) is 6.08. The molecule has 9 heteroatoms. The highest BCUT2D eigenvalue weighted by Gasteiger charge is 2.20. The molecule has 1 unspecified atom stereocenters. The Morgan fingerprint density at radius 2 is 1.78 bits per heavy atom. The van der Waals surface area contributed by atoms with Crippen LogP contribution in [0.2, 0.25) is 0 Å². The molecule has 1 rings (SSSR count). The largest absolute Gasteiger partial charge is 0.465 e. The molecule has 0 radical (unpaired) electrons. The number of ether oxygens (including phenoxy) is 1. The monoisotopic (exact) mass is 400 g/mol. The molecule has 0 fully saturated rings. The van der Waals surface area contributed by atoms with Gasteiger partial charge in [0.2, 0.25) is 0 Å². The van der Waals surface area contributed by atoms with Gasteiger partial charge < -0.3 is 19.1 Å². The Balaban J connectivity index is 2.79. The summed E-state index contributed by atoms with van der Waals surface area (Å²) in [5.74, 6) is -0.381. The van der Waals surface area contributed by atoms with E-state index in [-0.39, 0.29) is 36.7 Å². The number of benzene rings is 1. The minimum Gasteiger partial charge on any atom is -0.465 e. The molecule has 0 bridgehead atoms. The number of carbonyl (C=O) groups is 2. The van der Waals surface area contributed by atoms with Gasteiger partial charge in [0, 0.05) is 12.6 Å². The molecule has 2 amide bonds. The van der Waals surface area contributed by atoms with Crippen LogP contribution >= 0.6 is 0 Å². The number of urea groups is 1. The van der Waals surface area contributed by atoms with Crippen molar-refractivity contribution in [1.29, 1.82) is 0 Å². The molecule has 1 N–H and O–H groups in total. The number of amides is 2. The summed E-state index contributed by atoms with van der Waals surface area (Å²) < 4.78 is 32.7. The van der Waals surface area contributed by atoms with Crippen molar-refractivity contribution < 1.29 is 26.9 Å². The first-order valence-corrected chi connectivity index (χ1v) is 10.5. The van der Waals surface area contributed by atoms with E-state index in [9.17, 15) is 18.0 Å². The van der Waals surface area contributed by atoms with E-state index < -0.39 is 16.1 Å². The summed E-state index contributed by atoms with van der Waals surface area (Å²) in [5, 5.41) is 2.56.